The summed E-state index contributed by atoms with van der Waals surface area (Å²) >= 11 is 1.70. The van der Waals surface area contributed by atoms with Gasteiger partial charge in [-0.25, -0.2) is 0 Å². The van der Waals surface area contributed by atoms with E-state index >= 15 is 0 Å². The average Bonchev–Trinajstić information content (AvgIpc) is 2.56. The second kappa shape index (κ2) is 4.10. The molecule has 2 aromatic rings. The molecule has 1 heterocycles. The maximum Gasteiger partial charge on any atom is 0.244 e. The predicted molar refractivity (Wildman–Crippen MR) is 68.6 cm³/mol. The van der Waals surface area contributed by atoms with E-state index < -0.39 is 5.91 Å². The highest BCUT2D eigenvalue weighted by atomic mass is 32.1. The van der Waals surface area contributed by atoms with E-state index in [1.54, 1.807) is 11.3 Å². The molecule has 3 heteroatoms. The maximum absolute atomic E-state index is 11.0. The lowest BCUT2D eigenvalue weighted by Gasteiger charge is -1.99. The van der Waals surface area contributed by atoms with Gasteiger partial charge in [0, 0.05) is 21.6 Å². The summed E-state index contributed by atoms with van der Waals surface area (Å²) in [6.07, 6.45) is 0.556. The third-order valence-corrected chi connectivity index (χ3v) is 3.94. The standard InChI is InChI=1S/C13H13NOS/c1-8(13(14)15)7-12-9(2)10-5-3-4-6-11(10)16-12/h3-6H,1,7H2,2H3,(H2,14,15). The molecule has 2 rings (SSSR count). The van der Waals surface area contributed by atoms with E-state index in [0.29, 0.717) is 12.0 Å². The van der Waals surface area contributed by atoms with Gasteiger partial charge in [-0.05, 0) is 23.9 Å². The fraction of sp³-hybridized carbons (Fsp3) is 0.154. The van der Waals surface area contributed by atoms with Crippen molar-refractivity contribution in [1.29, 1.82) is 0 Å². The highest BCUT2D eigenvalue weighted by molar-refractivity contribution is 7.19. The summed E-state index contributed by atoms with van der Waals surface area (Å²) in [7, 11) is 0. The highest BCUT2D eigenvalue weighted by Crippen LogP contribution is 2.31. The zero-order valence-corrected chi connectivity index (χ0v) is 9.93. The Balaban J connectivity index is 2.42. The van der Waals surface area contributed by atoms with Crippen LogP contribution < -0.4 is 5.73 Å². The molecule has 1 aromatic carbocycles. The molecule has 0 fully saturated rings. The molecule has 0 aliphatic heterocycles. The summed E-state index contributed by atoms with van der Waals surface area (Å²) in [4.78, 5) is 12.1. The first-order chi connectivity index (χ1) is 7.59. The number of carbonyl (C=O) groups is 1. The lowest BCUT2D eigenvalue weighted by molar-refractivity contribution is -0.114. The fourth-order valence-electron chi connectivity index (χ4n) is 1.67. The number of thiophene rings is 1. The van der Waals surface area contributed by atoms with Crippen LogP contribution in [0.2, 0.25) is 0 Å². The first kappa shape index (κ1) is 10.9. The number of amides is 1. The molecule has 0 saturated carbocycles. The Labute approximate surface area is 98.4 Å². The van der Waals surface area contributed by atoms with E-state index in [2.05, 4.69) is 25.6 Å². The van der Waals surface area contributed by atoms with E-state index in [0.717, 1.165) is 0 Å². The monoisotopic (exact) mass is 231 g/mol. The van der Waals surface area contributed by atoms with Gasteiger partial charge >= 0.3 is 0 Å². The lowest BCUT2D eigenvalue weighted by Crippen LogP contribution is -2.14. The smallest absolute Gasteiger partial charge is 0.244 e. The van der Waals surface area contributed by atoms with Gasteiger partial charge in [0.05, 0.1) is 0 Å². The van der Waals surface area contributed by atoms with Crippen molar-refractivity contribution in [2.75, 3.05) is 0 Å². The van der Waals surface area contributed by atoms with Gasteiger partial charge in [-0.1, -0.05) is 24.8 Å². The van der Waals surface area contributed by atoms with Crippen molar-refractivity contribution in [3.05, 3.63) is 46.9 Å². The molecule has 0 saturated heterocycles. The Morgan fingerprint density at radius 1 is 1.44 bits per heavy atom. The molecule has 0 aliphatic carbocycles. The zero-order chi connectivity index (χ0) is 11.7. The van der Waals surface area contributed by atoms with Crippen LogP contribution in [-0.4, -0.2) is 5.91 Å². The van der Waals surface area contributed by atoms with Gasteiger partial charge in [0.15, 0.2) is 0 Å². The van der Waals surface area contributed by atoms with E-state index in [-0.39, 0.29) is 0 Å². The minimum absolute atomic E-state index is 0.420. The van der Waals surface area contributed by atoms with E-state index in [4.69, 9.17) is 5.73 Å². The molecule has 0 radical (unpaired) electrons. The van der Waals surface area contributed by atoms with Gasteiger partial charge in [0.2, 0.25) is 5.91 Å². The molecule has 0 aliphatic rings. The van der Waals surface area contributed by atoms with Gasteiger partial charge in [-0.3, -0.25) is 4.79 Å². The summed E-state index contributed by atoms with van der Waals surface area (Å²) in [5.74, 6) is -0.420. The van der Waals surface area contributed by atoms with Gasteiger partial charge < -0.3 is 5.73 Å². The molecule has 1 aromatic heterocycles. The number of aryl methyl sites for hydroxylation is 1. The molecular weight excluding hydrogens is 218 g/mol. The summed E-state index contributed by atoms with van der Waals surface area (Å²) in [6, 6.07) is 8.22. The van der Waals surface area contributed by atoms with E-state index in [9.17, 15) is 4.79 Å². The van der Waals surface area contributed by atoms with Crippen molar-refractivity contribution >= 4 is 27.3 Å². The molecule has 16 heavy (non-hydrogen) atoms. The fourth-order valence-corrected chi connectivity index (χ4v) is 2.93. The molecule has 0 unspecified atom stereocenters. The van der Waals surface area contributed by atoms with Crippen LogP contribution in [0.15, 0.2) is 36.4 Å². The van der Waals surface area contributed by atoms with Crippen molar-refractivity contribution in [2.24, 2.45) is 5.73 Å². The summed E-state index contributed by atoms with van der Waals surface area (Å²) in [5.41, 5.74) is 6.89. The quantitative estimate of drug-likeness (QED) is 0.811. The molecule has 0 bridgehead atoms. The van der Waals surface area contributed by atoms with Crippen LogP contribution in [-0.2, 0) is 11.2 Å². The molecule has 82 valence electrons. The molecular formula is C13H13NOS. The Morgan fingerprint density at radius 2 is 2.12 bits per heavy atom. The Hall–Kier alpha value is -1.61. The summed E-state index contributed by atoms with van der Waals surface area (Å²) < 4.78 is 1.24. The van der Waals surface area contributed by atoms with E-state index in [1.165, 1.54) is 20.5 Å². The third kappa shape index (κ3) is 1.86. The number of benzene rings is 1. The van der Waals surface area contributed by atoms with Crippen LogP contribution in [0.1, 0.15) is 10.4 Å². The second-order valence-corrected chi connectivity index (χ2v) is 4.93. The Bertz CT molecular complexity index is 568. The minimum Gasteiger partial charge on any atom is -0.366 e. The topological polar surface area (TPSA) is 43.1 Å². The molecule has 1 amide bonds. The van der Waals surface area contributed by atoms with Gasteiger partial charge in [0.1, 0.15) is 0 Å². The maximum atomic E-state index is 11.0. The number of fused-ring (bicyclic) bond motifs is 1. The van der Waals surface area contributed by atoms with Crippen LogP contribution in [0.25, 0.3) is 10.1 Å². The first-order valence-electron chi connectivity index (χ1n) is 5.04. The minimum atomic E-state index is -0.420. The Morgan fingerprint density at radius 3 is 2.75 bits per heavy atom. The van der Waals surface area contributed by atoms with Crippen molar-refractivity contribution in [2.45, 2.75) is 13.3 Å². The molecule has 2 nitrogen and oxygen atoms in total. The number of hydrogen-bond donors (Lipinski definition) is 1. The van der Waals surface area contributed by atoms with Crippen LogP contribution in [0.5, 0.6) is 0 Å². The van der Waals surface area contributed by atoms with Crippen molar-refractivity contribution in [3.63, 3.8) is 0 Å². The second-order valence-electron chi connectivity index (χ2n) is 3.79. The van der Waals surface area contributed by atoms with Crippen LogP contribution in [0, 0.1) is 6.92 Å². The third-order valence-electron chi connectivity index (χ3n) is 2.66. The lowest BCUT2D eigenvalue weighted by atomic mass is 10.1. The summed E-state index contributed by atoms with van der Waals surface area (Å²) in [6.45, 7) is 5.76. The van der Waals surface area contributed by atoms with Crippen molar-refractivity contribution in [3.8, 4) is 0 Å². The number of hydrogen-bond acceptors (Lipinski definition) is 2. The van der Waals surface area contributed by atoms with Crippen molar-refractivity contribution in [1.82, 2.24) is 0 Å². The number of rotatable bonds is 3. The number of carbonyl (C=O) groups excluding carboxylic acids is 1. The number of nitrogens with two attached hydrogens (primary N) is 1. The van der Waals surface area contributed by atoms with Crippen LogP contribution >= 0.6 is 11.3 Å². The van der Waals surface area contributed by atoms with Gasteiger partial charge in [-0.15, -0.1) is 11.3 Å². The largest absolute Gasteiger partial charge is 0.366 e. The highest BCUT2D eigenvalue weighted by Gasteiger charge is 2.10. The van der Waals surface area contributed by atoms with Crippen LogP contribution in [0.4, 0.5) is 0 Å². The molecule has 0 atom stereocenters. The summed E-state index contributed by atoms with van der Waals surface area (Å²) in [5, 5.41) is 1.25. The van der Waals surface area contributed by atoms with Crippen LogP contribution in [0.3, 0.4) is 0 Å². The normalized spacial score (nSPS) is 10.6. The predicted octanol–water partition coefficient (Wildman–Crippen LogP) is 2.79. The molecule has 2 N–H and O–H groups in total. The Kier molecular flexibility index (Phi) is 2.79. The number of primary amides is 1. The van der Waals surface area contributed by atoms with Gasteiger partial charge in [-0.2, -0.15) is 0 Å². The molecule has 0 spiro atoms. The van der Waals surface area contributed by atoms with E-state index in [1.807, 2.05) is 12.1 Å². The van der Waals surface area contributed by atoms with Crippen molar-refractivity contribution < 1.29 is 4.79 Å². The SMILES string of the molecule is C=C(Cc1sc2ccccc2c1C)C(N)=O. The van der Waals surface area contributed by atoms with Gasteiger partial charge in [0.25, 0.3) is 0 Å². The first-order valence-corrected chi connectivity index (χ1v) is 5.86. The zero-order valence-electron chi connectivity index (χ0n) is 9.12. The average molecular weight is 231 g/mol.